The second-order valence-electron chi connectivity index (χ2n) is 6.25. The molecule has 0 unspecified atom stereocenters. The molecule has 0 aromatic heterocycles. The van der Waals surface area contributed by atoms with E-state index in [-0.39, 0.29) is 18.2 Å². The number of hydrogen-bond acceptors (Lipinski definition) is 3. The first-order valence-corrected chi connectivity index (χ1v) is 7.06. The molecule has 0 bridgehead atoms. The number of aliphatic hydroxyl groups is 1. The fraction of sp³-hybridized carbons (Fsp3) is 0.471. The molecule has 1 aromatic carbocycles. The molecule has 112 valence electrons. The summed E-state index contributed by atoms with van der Waals surface area (Å²) in [7, 11) is 0. The van der Waals surface area contributed by atoms with Gasteiger partial charge in [0.25, 0.3) is 0 Å². The first-order valence-electron chi connectivity index (χ1n) is 7.06. The van der Waals surface area contributed by atoms with E-state index < -0.39 is 5.60 Å². The van der Waals surface area contributed by atoms with E-state index in [1.54, 1.807) is 0 Å². The molecule has 0 heterocycles. The summed E-state index contributed by atoms with van der Waals surface area (Å²) in [6, 6.07) is 7.72. The minimum Gasteiger partial charge on any atom is -0.444 e. The van der Waals surface area contributed by atoms with Crippen LogP contribution in [0.3, 0.4) is 0 Å². The Bertz CT molecular complexity index is 569. The van der Waals surface area contributed by atoms with Crippen LogP contribution in [0.15, 0.2) is 24.3 Å². The summed E-state index contributed by atoms with van der Waals surface area (Å²) in [6.45, 7) is 5.40. The summed E-state index contributed by atoms with van der Waals surface area (Å²) in [5.74, 6) is 5.47. The summed E-state index contributed by atoms with van der Waals surface area (Å²) in [4.78, 5) is 11.9. The third-order valence-electron chi connectivity index (χ3n) is 3.24. The van der Waals surface area contributed by atoms with Crippen LogP contribution in [-0.2, 0) is 10.3 Å². The normalized spacial score (nSPS) is 15.6. The quantitative estimate of drug-likeness (QED) is 0.822. The summed E-state index contributed by atoms with van der Waals surface area (Å²) in [5.41, 5.74) is 1.11. The number of carbonyl (C=O) groups excluding carboxylic acids is 1. The first kappa shape index (κ1) is 15.4. The first-order chi connectivity index (χ1) is 9.85. The number of amides is 1. The number of nitrogens with one attached hydrogen (secondary N) is 1. The number of ether oxygens (including phenoxy) is 1. The Morgan fingerprint density at radius 1 is 1.33 bits per heavy atom. The van der Waals surface area contributed by atoms with E-state index in [0.717, 1.165) is 24.0 Å². The van der Waals surface area contributed by atoms with E-state index in [1.807, 2.05) is 45.0 Å². The van der Waals surface area contributed by atoms with E-state index in [2.05, 4.69) is 17.2 Å². The number of rotatable bonds is 2. The molecular weight excluding hydrogens is 266 g/mol. The predicted molar refractivity (Wildman–Crippen MR) is 80.7 cm³/mol. The van der Waals surface area contributed by atoms with Gasteiger partial charge in [-0.15, -0.1) is 0 Å². The molecule has 1 amide bonds. The van der Waals surface area contributed by atoms with E-state index in [4.69, 9.17) is 9.84 Å². The smallest absolute Gasteiger partial charge is 0.408 e. The zero-order valence-electron chi connectivity index (χ0n) is 12.7. The number of carbonyl (C=O) groups is 1. The van der Waals surface area contributed by atoms with Crippen LogP contribution >= 0.6 is 0 Å². The third-order valence-corrected chi connectivity index (χ3v) is 3.24. The zero-order valence-corrected chi connectivity index (χ0v) is 12.7. The van der Waals surface area contributed by atoms with Gasteiger partial charge in [0, 0.05) is 5.56 Å². The highest BCUT2D eigenvalue weighted by Gasteiger charge is 2.46. The topological polar surface area (TPSA) is 58.6 Å². The number of aliphatic hydroxyl groups excluding tert-OH is 1. The maximum atomic E-state index is 11.9. The standard InChI is InChI=1S/C17H21NO3/c1-16(2,3)21-15(20)18-17(10-11-17)14-8-6-13(7-9-14)5-4-12-19/h6-9,19H,10-12H2,1-3H3,(H,18,20). The average molecular weight is 287 g/mol. The molecule has 4 nitrogen and oxygen atoms in total. The fourth-order valence-corrected chi connectivity index (χ4v) is 2.12. The highest BCUT2D eigenvalue weighted by Crippen LogP contribution is 2.45. The lowest BCUT2D eigenvalue weighted by Crippen LogP contribution is -2.39. The Labute approximate surface area is 125 Å². The van der Waals surface area contributed by atoms with Crippen molar-refractivity contribution < 1.29 is 14.6 Å². The Kier molecular flexibility index (Phi) is 4.24. The molecule has 0 spiro atoms. The summed E-state index contributed by atoms with van der Waals surface area (Å²) < 4.78 is 5.31. The lowest BCUT2D eigenvalue weighted by Gasteiger charge is -2.23. The largest absolute Gasteiger partial charge is 0.444 e. The van der Waals surface area contributed by atoms with Crippen LogP contribution < -0.4 is 5.32 Å². The molecule has 1 saturated carbocycles. The van der Waals surface area contributed by atoms with Crippen molar-refractivity contribution in [2.75, 3.05) is 6.61 Å². The predicted octanol–water partition coefficient (Wildman–Crippen LogP) is 2.54. The van der Waals surface area contributed by atoms with Gasteiger partial charge in [-0.05, 0) is 51.3 Å². The van der Waals surface area contributed by atoms with Gasteiger partial charge in [-0.1, -0.05) is 24.0 Å². The van der Waals surface area contributed by atoms with Crippen LogP contribution in [0.5, 0.6) is 0 Å². The minimum absolute atomic E-state index is 0.147. The summed E-state index contributed by atoms with van der Waals surface area (Å²) in [6.07, 6.45) is 1.44. The molecule has 21 heavy (non-hydrogen) atoms. The molecule has 0 radical (unpaired) electrons. The van der Waals surface area contributed by atoms with Crippen molar-refractivity contribution in [3.63, 3.8) is 0 Å². The van der Waals surface area contributed by atoms with E-state index >= 15 is 0 Å². The van der Waals surface area contributed by atoms with Crippen molar-refractivity contribution in [1.29, 1.82) is 0 Å². The van der Waals surface area contributed by atoms with Crippen molar-refractivity contribution in [3.8, 4) is 11.8 Å². The molecule has 2 N–H and O–H groups in total. The molecule has 0 atom stereocenters. The van der Waals surface area contributed by atoms with Crippen molar-refractivity contribution in [2.24, 2.45) is 0 Å². The summed E-state index contributed by atoms with van der Waals surface area (Å²) >= 11 is 0. The lowest BCUT2D eigenvalue weighted by atomic mass is 10.0. The Balaban J connectivity index is 2.05. The highest BCUT2D eigenvalue weighted by atomic mass is 16.6. The van der Waals surface area contributed by atoms with Crippen molar-refractivity contribution in [1.82, 2.24) is 5.32 Å². The van der Waals surface area contributed by atoms with Crippen molar-refractivity contribution >= 4 is 6.09 Å². The molecule has 1 fully saturated rings. The summed E-state index contributed by atoms with van der Waals surface area (Å²) in [5, 5.41) is 11.6. The molecule has 0 saturated heterocycles. The molecule has 4 heteroatoms. The van der Waals surface area contributed by atoms with Crippen LogP contribution in [0.2, 0.25) is 0 Å². The van der Waals surface area contributed by atoms with Crippen LogP contribution in [0.4, 0.5) is 4.79 Å². The monoisotopic (exact) mass is 287 g/mol. The minimum atomic E-state index is -0.496. The SMILES string of the molecule is CC(C)(C)OC(=O)NC1(c2ccc(C#CCO)cc2)CC1. The van der Waals surface area contributed by atoms with Gasteiger partial charge in [0.1, 0.15) is 12.2 Å². The Hall–Kier alpha value is -1.99. The van der Waals surface area contributed by atoms with Crippen LogP contribution in [0.25, 0.3) is 0 Å². The van der Waals surface area contributed by atoms with Crippen molar-refractivity contribution in [2.45, 2.75) is 44.8 Å². The van der Waals surface area contributed by atoms with E-state index in [0.29, 0.717) is 0 Å². The van der Waals surface area contributed by atoms with Crippen LogP contribution in [-0.4, -0.2) is 23.4 Å². The van der Waals surface area contributed by atoms with E-state index in [1.165, 1.54) is 0 Å². The average Bonchev–Trinajstić information content (AvgIpc) is 3.15. The van der Waals surface area contributed by atoms with E-state index in [9.17, 15) is 4.79 Å². The molecule has 2 rings (SSSR count). The van der Waals surface area contributed by atoms with Gasteiger partial charge in [0.15, 0.2) is 0 Å². The van der Waals surface area contributed by atoms with Crippen molar-refractivity contribution in [3.05, 3.63) is 35.4 Å². The maximum Gasteiger partial charge on any atom is 0.408 e. The second-order valence-corrected chi connectivity index (χ2v) is 6.25. The third kappa shape index (κ3) is 4.24. The number of benzene rings is 1. The van der Waals surface area contributed by atoms with Gasteiger partial charge in [-0.3, -0.25) is 0 Å². The van der Waals surface area contributed by atoms with Gasteiger partial charge in [0.2, 0.25) is 0 Å². The fourth-order valence-electron chi connectivity index (χ4n) is 2.12. The van der Waals surface area contributed by atoms with Gasteiger partial charge >= 0.3 is 6.09 Å². The van der Waals surface area contributed by atoms with Crippen LogP contribution in [0.1, 0.15) is 44.7 Å². The molecule has 1 aromatic rings. The van der Waals surface area contributed by atoms with Gasteiger partial charge in [0.05, 0.1) is 5.54 Å². The number of alkyl carbamates (subject to hydrolysis) is 1. The maximum absolute atomic E-state index is 11.9. The lowest BCUT2D eigenvalue weighted by molar-refractivity contribution is 0.0495. The molecule has 1 aliphatic carbocycles. The molecule has 0 aliphatic heterocycles. The number of hydrogen-bond donors (Lipinski definition) is 2. The highest BCUT2D eigenvalue weighted by molar-refractivity contribution is 5.70. The Morgan fingerprint density at radius 2 is 1.95 bits per heavy atom. The van der Waals surface area contributed by atoms with Gasteiger partial charge in [-0.25, -0.2) is 4.79 Å². The van der Waals surface area contributed by atoms with Gasteiger partial charge in [-0.2, -0.15) is 0 Å². The Morgan fingerprint density at radius 3 is 2.43 bits per heavy atom. The second kappa shape index (κ2) is 5.79. The molecular formula is C17H21NO3. The molecule has 1 aliphatic rings. The van der Waals surface area contributed by atoms with Gasteiger partial charge < -0.3 is 15.2 Å². The zero-order chi connectivity index (χ0) is 15.5. The van der Waals surface area contributed by atoms with Crippen LogP contribution in [0, 0.1) is 11.8 Å².